The van der Waals surface area contributed by atoms with Crippen LogP contribution in [0.3, 0.4) is 0 Å². The van der Waals surface area contributed by atoms with Crippen molar-refractivity contribution in [3.05, 3.63) is 53.7 Å². The highest BCUT2D eigenvalue weighted by Gasteiger charge is 2.49. The summed E-state index contributed by atoms with van der Waals surface area (Å²) in [5, 5.41) is 53.9. The van der Waals surface area contributed by atoms with Crippen LogP contribution in [0.15, 0.2) is 30.6 Å². The smallest absolute Gasteiger partial charge is 0.238 e. The number of rotatable bonds is 8. The first-order valence-electron chi connectivity index (χ1n) is 12.4. The second-order valence-corrected chi connectivity index (χ2v) is 10.9. The molecule has 3 aromatic rings. The Morgan fingerprint density at radius 2 is 1.90 bits per heavy atom. The molecule has 2 aliphatic heterocycles. The Bertz CT molecular complexity index is 1350. The monoisotopic (exact) mass is 584 g/mol. The van der Waals surface area contributed by atoms with Gasteiger partial charge in [0.25, 0.3) is 0 Å². The molecule has 0 bridgehead atoms. The van der Waals surface area contributed by atoms with Crippen LogP contribution >= 0.6 is 11.8 Å². The standard InChI is InChI=1S/C24H27F3N6O6S/c1-31-6-3-14(29-31)19(35)22(23(38)32-4-2-5-32)40-24-21(37)18(20(36)16(10-34)39-24)33-9-15(28-30-33)11-7-12(25)17(27)13(26)8-11/h3,6-9,16,18-22,24,34-37H,2,4-5,10H2,1H3/t16-,18+,19+,20+,21-,22+,24+/m1/s1. The fourth-order valence-corrected chi connectivity index (χ4v) is 6.00. The molecule has 16 heteroatoms. The van der Waals surface area contributed by atoms with Crippen LogP contribution in [0.25, 0.3) is 11.3 Å². The summed E-state index contributed by atoms with van der Waals surface area (Å²) in [5.74, 6) is -4.90. The SMILES string of the molecule is Cn1ccc([C@H](O)[C@H](S[C@@H]2O[C@H](CO)[C@H](O)[C@H](n3cc(-c4cc(F)c(F)c(F)c4)nn3)[C@H]2O)C(=O)N2CCC2)n1. The van der Waals surface area contributed by atoms with Crippen LogP contribution in [0, 0.1) is 17.5 Å². The minimum Gasteiger partial charge on any atom is -0.394 e. The second-order valence-electron chi connectivity index (χ2n) is 9.63. The molecule has 0 aliphatic carbocycles. The predicted octanol–water partition coefficient (Wildman–Crippen LogP) is 0.144. The lowest BCUT2D eigenvalue weighted by atomic mass is 9.97. The van der Waals surface area contributed by atoms with Gasteiger partial charge in [0.05, 0.1) is 18.5 Å². The number of hydrogen-bond donors (Lipinski definition) is 4. The Kier molecular flexibility index (Phi) is 8.17. The molecule has 0 spiro atoms. The number of aryl methyl sites for hydroxylation is 1. The number of thioether (sulfide) groups is 1. The van der Waals surface area contributed by atoms with Gasteiger partial charge in [-0.3, -0.25) is 9.48 Å². The van der Waals surface area contributed by atoms with Crippen molar-refractivity contribution < 1.29 is 43.1 Å². The Hall–Kier alpha value is -3.02. The molecule has 12 nitrogen and oxygen atoms in total. The molecule has 0 radical (unpaired) electrons. The molecule has 2 aliphatic rings. The van der Waals surface area contributed by atoms with E-state index in [0.717, 1.165) is 35.0 Å². The number of amides is 1. The first-order valence-corrected chi connectivity index (χ1v) is 13.3. The van der Waals surface area contributed by atoms with Gasteiger partial charge in [-0.2, -0.15) is 5.10 Å². The summed E-state index contributed by atoms with van der Waals surface area (Å²) in [7, 11) is 1.66. The Morgan fingerprint density at radius 1 is 1.20 bits per heavy atom. The number of aliphatic hydroxyl groups excluding tert-OH is 4. The van der Waals surface area contributed by atoms with Gasteiger partial charge in [-0.1, -0.05) is 5.21 Å². The molecule has 7 atom stereocenters. The lowest BCUT2D eigenvalue weighted by molar-refractivity contribution is -0.179. The average molecular weight is 585 g/mol. The summed E-state index contributed by atoms with van der Waals surface area (Å²) < 4.78 is 49.2. The summed E-state index contributed by atoms with van der Waals surface area (Å²) in [4.78, 5) is 14.8. The summed E-state index contributed by atoms with van der Waals surface area (Å²) in [5.41, 5.74) is -1.23. The van der Waals surface area contributed by atoms with Crippen molar-refractivity contribution in [2.45, 2.75) is 47.6 Å². The van der Waals surface area contributed by atoms with E-state index < -0.39 is 71.1 Å². The maximum atomic E-state index is 13.8. The molecule has 40 heavy (non-hydrogen) atoms. The van der Waals surface area contributed by atoms with E-state index in [1.807, 2.05) is 0 Å². The van der Waals surface area contributed by atoms with Gasteiger partial charge in [-0.05, 0) is 24.6 Å². The minimum absolute atomic E-state index is 0.0788. The normalized spacial score (nSPS) is 26.4. The number of ether oxygens (including phenoxy) is 1. The van der Waals surface area contributed by atoms with E-state index in [1.165, 1.54) is 10.9 Å². The highest BCUT2D eigenvalue weighted by Crippen LogP contribution is 2.40. The number of halogens is 3. The maximum Gasteiger partial charge on any atom is 0.238 e. The zero-order chi connectivity index (χ0) is 28.7. The van der Waals surface area contributed by atoms with Gasteiger partial charge in [0.2, 0.25) is 5.91 Å². The lowest BCUT2D eigenvalue weighted by Gasteiger charge is -2.43. The van der Waals surface area contributed by atoms with Crippen LogP contribution < -0.4 is 0 Å². The largest absolute Gasteiger partial charge is 0.394 e. The van der Waals surface area contributed by atoms with Crippen LogP contribution in [0.1, 0.15) is 24.3 Å². The van der Waals surface area contributed by atoms with Gasteiger partial charge in [0, 0.05) is 31.9 Å². The number of benzene rings is 1. The molecule has 1 amide bonds. The van der Waals surface area contributed by atoms with Crippen LogP contribution in [0.4, 0.5) is 13.2 Å². The first kappa shape index (κ1) is 28.5. The molecular weight excluding hydrogens is 557 g/mol. The van der Waals surface area contributed by atoms with Crippen molar-refractivity contribution in [2.24, 2.45) is 7.05 Å². The minimum atomic E-state index is -1.65. The van der Waals surface area contributed by atoms with Crippen LogP contribution in [0.2, 0.25) is 0 Å². The quantitative estimate of drug-likeness (QED) is 0.269. The fraction of sp³-hybridized carbons (Fsp3) is 0.500. The number of nitrogens with zero attached hydrogens (tertiary/aromatic N) is 6. The molecule has 1 aromatic carbocycles. The highest BCUT2D eigenvalue weighted by molar-refractivity contribution is 8.01. The fourth-order valence-electron chi connectivity index (χ4n) is 4.63. The van der Waals surface area contributed by atoms with E-state index in [-0.39, 0.29) is 17.0 Å². The Labute approximate surface area is 230 Å². The molecule has 216 valence electrons. The molecule has 2 saturated heterocycles. The van der Waals surface area contributed by atoms with Gasteiger partial charge < -0.3 is 30.1 Å². The van der Waals surface area contributed by atoms with Gasteiger partial charge in [-0.15, -0.1) is 16.9 Å². The van der Waals surface area contributed by atoms with Crippen LogP contribution in [-0.2, 0) is 16.6 Å². The van der Waals surface area contributed by atoms with Crippen molar-refractivity contribution in [3.8, 4) is 11.3 Å². The Balaban J connectivity index is 1.43. The Morgan fingerprint density at radius 3 is 2.48 bits per heavy atom. The van der Waals surface area contributed by atoms with Crippen molar-refractivity contribution in [1.82, 2.24) is 29.7 Å². The molecular formula is C24H27F3N6O6S. The van der Waals surface area contributed by atoms with E-state index in [2.05, 4.69) is 15.4 Å². The third kappa shape index (κ3) is 5.34. The average Bonchev–Trinajstić information content (AvgIpc) is 3.55. The number of carbonyl (C=O) groups is 1. The molecule has 5 rings (SSSR count). The van der Waals surface area contributed by atoms with Gasteiger partial charge >= 0.3 is 0 Å². The maximum absolute atomic E-state index is 13.8. The van der Waals surface area contributed by atoms with Crippen molar-refractivity contribution in [1.29, 1.82) is 0 Å². The van der Waals surface area contributed by atoms with E-state index in [4.69, 9.17) is 4.74 Å². The molecule has 2 fully saturated rings. The highest BCUT2D eigenvalue weighted by atomic mass is 32.2. The lowest BCUT2D eigenvalue weighted by Crippen LogP contribution is -2.56. The third-order valence-electron chi connectivity index (χ3n) is 6.96. The van der Waals surface area contributed by atoms with E-state index in [0.29, 0.717) is 13.1 Å². The van der Waals surface area contributed by atoms with Gasteiger partial charge in [-0.25, -0.2) is 17.9 Å². The number of likely N-dealkylation sites (tertiary alicyclic amines) is 1. The molecule has 0 unspecified atom stereocenters. The molecule has 4 heterocycles. The number of carbonyl (C=O) groups excluding carboxylic acids is 1. The summed E-state index contributed by atoms with van der Waals surface area (Å²) in [6.07, 6.45) is -2.06. The van der Waals surface area contributed by atoms with E-state index in [1.54, 1.807) is 24.2 Å². The molecule has 2 aromatic heterocycles. The second kappa shape index (κ2) is 11.5. The zero-order valence-corrected chi connectivity index (χ0v) is 21.9. The predicted molar refractivity (Wildman–Crippen MR) is 133 cm³/mol. The van der Waals surface area contributed by atoms with E-state index in [9.17, 15) is 38.4 Å². The van der Waals surface area contributed by atoms with Crippen molar-refractivity contribution >= 4 is 17.7 Å². The van der Waals surface area contributed by atoms with Crippen LogP contribution in [0.5, 0.6) is 0 Å². The third-order valence-corrected chi connectivity index (χ3v) is 8.37. The van der Waals surface area contributed by atoms with Crippen LogP contribution in [-0.4, -0.2) is 105 Å². The van der Waals surface area contributed by atoms with Gasteiger partial charge in [0.1, 0.15) is 46.8 Å². The zero-order valence-electron chi connectivity index (χ0n) is 21.1. The number of aromatic nitrogens is 5. The van der Waals surface area contributed by atoms with E-state index >= 15 is 0 Å². The molecule has 4 N–H and O–H groups in total. The summed E-state index contributed by atoms with van der Waals surface area (Å²) in [6, 6.07) is 1.72. The molecule has 0 saturated carbocycles. The van der Waals surface area contributed by atoms with Gasteiger partial charge in [0.15, 0.2) is 17.5 Å². The first-order chi connectivity index (χ1) is 19.1. The van der Waals surface area contributed by atoms with Crippen molar-refractivity contribution in [3.63, 3.8) is 0 Å². The summed E-state index contributed by atoms with van der Waals surface area (Å²) in [6.45, 7) is 0.350. The topological polar surface area (TPSA) is 159 Å². The summed E-state index contributed by atoms with van der Waals surface area (Å²) >= 11 is 0.813. The van der Waals surface area contributed by atoms with Crippen molar-refractivity contribution in [2.75, 3.05) is 19.7 Å². The number of aliphatic hydroxyl groups is 4. The number of hydrogen-bond acceptors (Lipinski definition) is 10.